The van der Waals surface area contributed by atoms with E-state index in [9.17, 15) is 0 Å². The molecule has 13 heavy (non-hydrogen) atoms. The Hall–Kier alpha value is -0.0800. The van der Waals surface area contributed by atoms with Gasteiger partial charge in [-0.15, -0.1) is 0 Å². The summed E-state index contributed by atoms with van der Waals surface area (Å²) >= 11 is 0. The molecular weight excluding hydrogens is 162 g/mol. The monoisotopic (exact) mass is 183 g/mol. The van der Waals surface area contributed by atoms with Crippen molar-refractivity contribution in [2.45, 2.75) is 51.2 Å². The molecule has 0 spiro atoms. The lowest BCUT2D eigenvalue weighted by molar-refractivity contribution is -0.101. The fraction of sp³-hybridized carbons (Fsp3) is 1.00. The average molecular weight is 183 g/mol. The zero-order chi connectivity index (χ0) is 9.53. The van der Waals surface area contributed by atoms with Crippen molar-refractivity contribution in [2.24, 2.45) is 5.41 Å². The summed E-state index contributed by atoms with van der Waals surface area (Å²) in [5, 5.41) is 3.54. The molecule has 76 valence electrons. The zero-order valence-electron chi connectivity index (χ0n) is 9.02. The second-order valence-electron chi connectivity index (χ2n) is 5.28. The molecule has 0 amide bonds. The van der Waals surface area contributed by atoms with Crippen LogP contribution in [0.1, 0.15) is 39.5 Å². The van der Waals surface area contributed by atoms with Crippen molar-refractivity contribution >= 4 is 0 Å². The molecule has 0 bridgehead atoms. The molecule has 0 aromatic heterocycles. The molecule has 0 radical (unpaired) electrons. The summed E-state index contributed by atoms with van der Waals surface area (Å²) in [5.74, 6) is 0. The molecule has 2 nitrogen and oxygen atoms in total. The second kappa shape index (κ2) is 2.96. The quantitative estimate of drug-likeness (QED) is 0.706. The molecular formula is C11H21NO. The lowest BCUT2D eigenvalue weighted by atomic mass is 9.68. The maximum Gasteiger partial charge on any atom is 0.0836 e. The van der Waals surface area contributed by atoms with Gasteiger partial charge >= 0.3 is 0 Å². The van der Waals surface area contributed by atoms with Crippen LogP contribution in [0.5, 0.6) is 0 Å². The van der Waals surface area contributed by atoms with Gasteiger partial charge in [-0.3, -0.25) is 0 Å². The molecule has 1 aliphatic carbocycles. The highest BCUT2D eigenvalue weighted by atomic mass is 16.5. The third-order valence-electron chi connectivity index (χ3n) is 3.93. The minimum atomic E-state index is 0.155. The molecule has 1 atom stereocenters. The Morgan fingerprint density at radius 1 is 1.23 bits per heavy atom. The van der Waals surface area contributed by atoms with E-state index in [2.05, 4.69) is 19.2 Å². The summed E-state index contributed by atoms with van der Waals surface area (Å²) in [4.78, 5) is 0. The van der Waals surface area contributed by atoms with Crippen molar-refractivity contribution in [3.8, 4) is 0 Å². The van der Waals surface area contributed by atoms with E-state index in [1.165, 1.54) is 25.7 Å². The van der Waals surface area contributed by atoms with E-state index < -0.39 is 0 Å². The SMILES string of the molecule is COC1(C2NCC2(C)C)CCCC1. The number of rotatable bonds is 2. The van der Waals surface area contributed by atoms with Gasteiger partial charge in [0.25, 0.3) is 0 Å². The van der Waals surface area contributed by atoms with Crippen molar-refractivity contribution < 1.29 is 4.74 Å². The predicted molar refractivity (Wildman–Crippen MR) is 53.8 cm³/mol. The van der Waals surface area contributed by atoms with Crippen LogP contribution in [0.25, 0.3) is 0 Å². The van der Waals surface area contributed by atoms with Crippen LogP contribution >= 0.6 is 0 Å². The number of hydrogen-bond donors (Lipinski definition) is 1. The summed E-state index contributed by atoms with van der Waals surface area (Å²) in [6, 6.07) is 0.576. The Balaban J connectivity index is 2.12. The van der Waals surface area contributed by atoms with Crippen LogP contribution in [0.15, 0.2) is 0 Å². The summed E-state index contributed by atoms with van der Waals surface area (Å²) < 4.78 is 5.78. The fourth-order valence-corrected chi connectivity index (χ4v) is 3.09. The maximum absolute atomic E-state index is 5.78. The Kier molecular flexibility index (Phi) is 2.16. The van der Waals surface area contributed by atoms with E-state index in [1.807, 2.05) is 7.11 Å². The predicted octanol–water partition coefficient (Wildman–Crippen LogP) is 1.94. The van der Waals surface area contributed by atoms with Crippen LogP contribution in [0.3, 0.4) is 0 Å². The van der Waals surface area contributed by atoms with Gasteiger partial charge in [0.15, 0.2) is 0 Å². The van der Waals surface area contributed by atoms with E-state index in [0.29, 0.717) is 11.5 Å². The molecule has 1 aliphatic heterocycles. The number of hydrogen-bond acceptors (Lipinski definition) is 2. The lowest BCUT2D eigenvalue weighted by Crippen LogP contribution is -2.69. The first-order valence-corrected chi connectivity index (χ1v) is 5.39. The summed E-state index contributed by atoms with van der Waals surface area (Å²) in [6.07, 6.45) is 5.15. The summed E-state index contributed by atoms with van der Waals surface area (Å²) in [7, 11) is 1.88. The highest BCUT2D eigenvalue weighted by molar-refractivity contribution is 5.09. The van der Waals surface area contributed by atoms with E-state index >= 15 is 0 Å². The normalized spacial score (nSPS) is 35.8. The van der Waals surface area contributed by atoms with Crippen LogP contribution in [-0.2, 0) is 4.74 Å². The van der Waals surface area contributed by atoms with Crippen molar-refractivity contribution in [3.05, 3.63) is 0 Å². The standard InChI is InChI=1S/C11H21NO/c1-10(2)8-12-9(10)11(13-3)6-4-5-7-11/h9,12H,4-8H2,1-3H3. The van der Waals surface area contributed by atoms with Crippen LogP contribution in [0.2, 0.25) is 0 Å². The molecule has 1 heterocycles. The average Bonchev–Trinajstić information content (AvgIpc) is 2.52. The molecule has 0 aromatic carbocycles. The van der Waals surface area contributed by atoms with Gasteiger partial charge in [0.05, 0.1) is 5.60 Å². The lowest BCUT2D eigenvalue weighted by Gasteiger charge is -2.54. The van der Waals surface area contributed by atoms with Crippen molar-refractivity contribution in [2.75, 3.05) is 13.7 Å². The number of ether oxygens (including phenoxy) is 1. The topological polar surface area (TPSA) is 21.3 Å². The third-order valence-corrected chi connectivity index (χ3v) is 3.93. The molecule has 1 unspecified atom stereocenters. The first kappa shape index (κ1) is 9.47. The first-order chi connectivity index (χ1) is 6.11. The molecule has 1 saturated carbocycles. The van der Waals surface area contributed by atoms with Gasteiger partial charge in [-0.1, -0.05) is 26.7 Å². The van der Waals surface area contributed by atoms with Gasteiger partial charge in [-0.05, 0) is 18.3 Å². The highest BCUT2D eigenvalue weighted by Gasteiger charge is 2.53. The third kappa shape index (κ3) is 1.31. The molecule has 0 aromatic rings. The maximum atomic E-state index is 5.78. The van der Waals surface area contributed by atoms with Crippen LogP contribution in [0.4, 0.5) is 0 Å². The number of nitrogens with one attached hydrogen (secondary N) is 1. The molecule has 2 rings (SSSR count). The number of methoxy groups -OCH3 is 1. The highest BCUT2D eigenvalue weighted by Crippen LogP contribution is 2.45. The Labute approximate surface area is 81.0 Å². The first-order valence-electron chi connectivity index (χ1n) is 5.39. The van der Waals surface area contributed by atoms with Gasteiger partial charge in [0.1, 0.15) is 0 Å². The molecule has 1 N–H and O–H groups in total. The van der Waals surface area contributed by atoms with Gasteiger partial charge < -0.3 is 10.1 Å². The van der Waals surface area contributed by atoms with E-state index in [-0.39, 0.29) is 5.60 Å². The minimum Gasteiger partial charge on any atom is -0.377 e. The second-order valence-corrected chi connectivity index (χ2v) is 5.28. The van der Waals surface area contributed by atoms with Gasteiger partial charge in [0, 0.05) is 19.7 Å². The molecule has 2 aliphatic rings. The van der Waals surface area contributed by atoms with Gasteiger partial charge in [-0.2, -0.15) is 0 Å². The Morgan fingerprint density at radius 2 is 1.85 bits per heavy atom. The van der Waals surface area contributed by atoms with E-state index in [1.54, 1.807) is 0 Å². The van der Waals surface area contributed by atoms with E-state index in [4.69, 9.17) is 4.74 Å². The van der Waals surface area contributed by atoms with Crippen molar-refractivity contribution in [1.29, 1.82) is 0 Å². The summed E-state index contributed by atoms with van der Waals surface area (Å²) in [6.45, 7) is 5.82. The van der Waals surface area contributed by atoms with Crippen LogP contribution in [0, 0.1) is 5.41 Å². The fourth-order valence-electron chi connectivity index (χ4n) is 3.09. The molecule has 2 fully saturated rings. The van der Waals surface area contributed by atoms with Gasteiger partial charge in [0.2, 0.25) is 0 Å². The van der Waals surface area contributed by atoms with Crippen molar-refractivity contribution in [1.82, 2.24) is 5.32 Å². The smallest absolute Gasteiger partial charge is 0.0836 e. The Morgan fingerprint density at radius 3 is 2.15 bits per heavy atom. The van der Waals surface area contributed by atoms with Gasteiger partial charge in [-0.25, -0.2) is 0 Å². The van der Waals surface area contributed by atoms with Crippen molar-refractivity contribution in [3.63, 3.8) is 0 Å². The largest absolute Gasteiger partial charge is 0.377 e. The van der Waals surface area contributed by atoms with Crippen LogP contribution in [-0.4, -0.2) is 25.3 Å². The molecule has 1 saturated heterocycles. The van der Waals surface area contributed by atoms with E-state index in [0.717, 1.165) is 6.54 Å². The zero-order valence-corrected chi connectivity index (χ0v) is 9.02. The molecule has 2 heteroatoms. The minimum absolute atomic E-state index is 0.155. The van der Waals surface area contributed by atoms with Crippen LogP contribution < -0.4 is 5.32 Å². The Bertz CT molecular complexity index is 194. The summed E-state index contributed by atoms with van der Waals surface area (Å²) in [5.41, 5.74) is 0.585.